The second kappa shape index (κ2) is 56.3. The number of quaternary nitrogens is 1. The lowest BCUT2D eigenvalue weighted by Crippen LogP contribution is -2.47. The molecule has 0 aromatic carbocycles. The largest absolute Gasteiger partial charge is 0.472 e. The van der Waals surface area contributed by atoms with Crippen LogP contribution >= 0.6 is 7.82 Å². The standard InChI is InChI=1S/C66H125N2O7P/c1-7-10-13-16-19-22-25-28-30-31-32-33-34-35-36-37-38-41-44-47-50-53-56-59-66(70)75-64(57-54-51-48-45-42-39-27-24-21-18-15-12-9-3)63(62-74-76(71,72)73-61-60-68(4,5)6)67-65(69)58-55-52-49-46-43-40-29-26-23-20-17-14-11-8-2/h19,22,28,30,32-33,54,57,63-64H,7-18,20-21,23-27,29,31,34-53,55-56,58-62H2,1-6H3,(H-,67,69,71,72)/p+1/b22-19-,30-28-,33-32-,57-54+. The van der Waals surface area contributed by atoms with Crippen LogP contribution in [0.25, 0.3) is 0 Å². The first kappa shape index (κ1) is 74.0. The number of nitrogens with one attached hydrogen (secondary N) is 1. The van der Waals surface area contributed by atoms with Gasteiger partial charge in [-0.15, -0.1) is 0 Å². The van der Waals surface area contributed by atoms with Crippen LogP contribution in [-0.4, -0.2) is 74.3 Å². The van der Waals surface area contributed by atoms with Crippen LogP contribution in [0.1, 0.15) is 310 Å². The summed E-state index contributed by atoms with van der Waals surface area (Å²) in [5.41, 5.74) is 0. The van der Waals surface area contributed by atoms with Gasteiger partial charge in [0.05, 0.1) is 33.8 Å². The number of unbranched alkanes of at least 4 members (excludes halogenated alkanes) is 37. The maximum atomic E-state index is 13.5. The summed E-state index contributed by atoms with van der Waals surface area (Å²) in [5.74, 6) is -0.497. The molecule has 446 valence electrons. The van der Waals surface area contributed by atoms with Crippen molar-refractivity contribution >= 4 is 19.7 Å². The van der Waals surface area contributed by atoms with Gasteiger partial charge in [-0.05, 0) is 70.3 Å². The monoisotopic (exact) mass is 1090 g/mol. The number of carbonyl (C=O) groups excluding carboxylic acids is 2. The van der Waals surface area contributed by atoms with Gasteiger partial charge in [0.2, 0.25) is 5.91 Å². The van der Waals surface area contributed by atoms with Crippen molar-refractivity contribution in [1.82, 2.24) is 5.32 Å². The number of nitrogens with zero attached hydrogens (tertiary/aromatic N) is 1. The molecule has 9 nitrogen and oxygen atoms in total. The van der Waals surface area contributed by atoms with Gasteiger partial charge in [-0.1, -0.05) is 275 Å². The zero-order valence-electron chi connectivity index (χ0n) is 51.0. The van der Waals surface area contributed by atoms with Crippen molar-refractivity contribution in [3.8, 4) is 0 Å². The van der Waals surface area contributed by atoms with E-state index < -0.39 is 20.0 Å². The minimum absolute atomic E-state index is 0.0412. The summed E-state index contributed by atoms with van der Waals surface area (Å²) >= 11 is 0. The van der Waals surface area contributed by atoms with Gasteiger partial charge in [-0.2, -0.15) is 0 Å². The smallest absolute Gasteiger partial charge is 0.456 e. The van der Waals surface area contributed by atoms with E-state index in [0.717, 1.165) is 70.6 Å². The van der Waals surface area contributed by atoms with E-state index in [-0.39, 0.29) is 31.5 Å². The highest BCUT2D eigenvalue weighted by Gasteiger charge is 2.30. The van der Waals surface area contributed by atoms with Crippen LogP contribution in [-0.2, 0) is 27.9 Å². The molecule has 0 spiro atoms. The topological polar surface area (TPSA) is 111 Å². The second-order valence-electron chi connectivity index (χ2n) is 23.3. The molecule has 0 heterocycles. The predicted octanol–water partition coefficient (Wildman–Crippen LogP) is 20.1. The minimum atomic E-state index is -4.45. The first-order valence-electron chi connectivity index (χ1n) is 32.5. The normalized spacial score (nSPS) is 13.9. The molecule has 0 radical (unpaired) electrons. The van der Waals surface area contributed by atoms with Gasteiger partial charge in [0.15, 0.2) is 0 Å². The molecule has 3 unspecified atom stereocenters. The number of carbonyl (C=O) groups is 2. The molecular formula is C66H126N2O7P+. The lowest BCUT2D eigenvalue weighted by Gasteiger charge is -2.27. The molecule has 1 amide bonds. The van der Waals surface area contributed by atoms with E-state index >= 15 is 0 Å². The zero-order valence-corrected chi connectivity index (χ0v) is 51.9. The van der Waals surface area contributed by atoms with Gasteiger partial charge < -0.3 is 19.4 Å². The lowest BCUT2D eigenvalue weighted by molar-refractivity contribution is -0.870. The van der Waals surface area contributed by atoms with Crippen LogP contribution in [0.5, 0.6) is 0 Å². The van der Waals surface area contributed by atoms with E-state index in [0.29, 0.717) is 17.4 Å². The average molecular weight is 1090 g/mol. The minimum Gasteiger partial charge on any atom is -0.456 e. The average Bonchev–Trinajstić information content (AvgIpc) is 3.38. The van der Waals surface area contributed by atoms with Crippen molar-refractivity contribution < 1.29 is 37.3 Å². The molecule has 0 saturated heterocycles. The van der Waals surface area contributed by atoms with E-state index in [9.17, 15) is 19.0 Å². The predicted molar refractivity (Wildman–Crippen MR) is 328 cm³/mol. The van der Waals surface area contributed by atoms with Crippen molar-refractivity contribution in [3.05, 3.63) is 48.6 Å². The van der Waals surface area contributed by atoms with E-state index in [1.54, 1.807) is 0 Å². The summed E-state index contributed by atoms with van der Waals surface area (Å²) in [6.45, 7) is 7.02. The number of rotatable bonds is 59. The molecule has 76 heavy (non-hydrogen) atoms. The number of phosphoric ester groups is 1. The molecule has 0 aromatic rings. The molecule has 0 rings (SSSR count). The van der Waals surface area contributed by atoms with Crippen molar-refractivity contribution in [2.75, 3.05) is 40.9 Å². The van der Waals surface area contributed by atoms with Gasteiger partial charge in [-0.25, -0.2) is 4.57 Å². The molecule has 0 aliphatic rings. The fourth-order valence-corrected chi connectivity index (χ4v) is 10.2. The van der Waals surface area contributed by atoms with E-state index in [2.05, 4.69) is 62.5 Å². The van der Waals surface area contributed by atoms with E-state index in [4.69, 9.17) is 13.8 Å². The van der Waals surface area contributed by atoms with Crippen LogP contribution in [0.2, 0.25) is 0 Å². The first-order chi connectivity index (χ1) is 36.9. The van der Waals surface area contributed by atoms with Gasteiger partial charge in [0.1, 0.15) is 19.3 Å². The quantitative estimate of drug-likeness (QED) is 0.0205. The Bertz CT molecular complexity index is 1440. The SMILES string of the molecule is CCCCC/C=C\C/C=C\C/C=C\CCCCCCCCCCCCC(=O)OC(/C=C/CCCCCCCCCCCCC)C(COP(=O)(O)OCC[N+](C)(C)C)NC(=O)CCCCCCCCCCCCCCCC. The number of amides is 1. The third-order valence-electron chi connectivity index (χ3n) is 14.5. The Labute approximate surface area is 471 Å². The third kappa shape index (κ3) is 56.7. The fraction of sp³-hybridized carbons (Fsp3) is 0.848. The number of likely N-dealkylation sites (N-methyl/N-ethyl adjacent to an activating group) is 1. The molecule has 0 aromatic heterocycles. The molecule has 3 atom stereocenters. The third-order valence-corrected chi connectivity index (χ3v) is 15.5. The zero-order chi connectivity index (χ0) is 55.7. The molecule has 0 saturated carbocycles. The van der Waals surface area contributed by atoms with Crippen LogP contribution < -0.4 is 5.32 Å². The Morgan fingerprint density at radius 1 is 0.461 bits per heavy atom. The summed E-state index contributed by atoms with van der Waals surface area (Å²) < 4.78 is 30.7. The van der Waals surface area contributed by atoms with Gasteiger partial charge in [0.25, 0.3) is 0 Å². The van der Waals surface area contributed by atoms with Gasteiger partial charge in [-0.3, -0.25) is 18.6 Å². The fourth-order valence-electron chi connectivity index (χ4n) is 9.48. The molecule has 0 aliphatic carbocycles. The Morgan fingerprint density at radius 3 is 1.22 bits per heavy atom. The summed E-state index contributed by atoms with van der Waals surface area (Å²) in [6, 6.07) is -0.847. The van der Waals surface area contributed by atoms with Gasteiger partial charge >= 0.3 is 13.8 Å². The Kier molecular flexibility index (Phi) is 54.7. The molecule has 2 N–H and O–H groups in total. The van der Waals surface area contributed by atoms with Crippen molar-refractivity contribution in [2.45, 2.75) is 322 Å². The lowest BCUT2D eigenvalue weighted by atomic mass is 10.0. The maximum Gasteiger partial charge on any atom is 0.472 e. The Hall–Kier alpha value is -2.03. The number of hydrogen-bond donors (Lipinski definition) is 2. The van der Waals surface area contributed by atoms with Crippen LogP contribution in [0.4, 0.5) is 0 Å². The molecule has 0 aliphatic heterocycles. The number of hydrogen-bond acceptors (Lipinski definition) is 6. The maximum absolute atomic E-state index is 13.5. The highest BCUT2D eigenvalue weighted by Crippen LogP contribution is 2.43. The van der Waals surface area contributed by atoms with E-state index in [1.807, 2.05) is 33.3 Å². The van der Waals surface area contributed by atoms with Crippen LogP contribution in [0.15, 0.2) is 48.6 Å². The molecule has 10 heteroatoms. The Balaban J connectivity index is 5.17. The summed E-state index contributed by atoms with van der Waals surface area (Å²) in [7, 11) is 1.50. The second-order valence-corrected chi connectivity index (χ2v) is 24.7. The summed E-state index contributed by atoms with van der Waals surface area (Å²) in [6.07, 6.45) is 69.6. The Morgan fingerprint density at radius 2 is 0.803 bits per heavy atom. The van der Waals surface area contributed by atoms with E-state index in [1.165, 1.54) is 205 Å². The molecule has 0 bridgehead atoms. The summed E-state index contributed by atoms with van der Waals surface area (Å²) in [5, 5.41) is 3.06. The van der Waals surface area contributed by atoms with Gasteiger partial charge in [0, 0.05) is 12.8 Å². The number of ether oxygens (including phenoxy) is 1. The van der Waals surface area contributed by atoms with Crippen molar-refractivity contribution in [2.24, 2.45) is 0 Å². The van der Waals surface area contributed by atoms with Crippen LogP contribution in [0.3, 0.4) is 0 Å². The van der Waals surface area contributed by atoms with Crippen molar-refractivity contribution in [3.63, 3.8) is 0 Å². The van der Waals surface area contributed by atoms with Crippen molar-refractivity contribution in [1.29, 1.82) is 0 Å². The number of esters is 1. The molecule has 0 fully saturated rings. The number of allylic oxidation sites excluding steroid dienone is 7. The van der Waals surface area contributed by atoms with Crippen LogP contribution in [0, 0.1) is 0 Å². The molecular weight excluding hydrogens is 964 g/mol. The number of phosphoric acid groups is 1. The highest BCUT2D eigenvalue weighted by molar-refractivity contribution is 7.47. The highest BCUT2D eigenvalue weighted by atomic mass is 31.2. The summed E-state index contributed by atoms with van der Waals surface area (Å²) in [4.78, 5) is 37.7. The first-order valence-corrected chi connectivity index (χ1v) is 34.0.